The van der Waals surface area contributed by atoms with E-state index in [0.717, 1.165) is 0 Å². The van der Waals surface area contributed by atoms with E-state index in [0.29, 0.717) is 9.13 Å². The summed E-state index contributed by atoms with van der Waals surface area (Å²) < 4.78 is 0.596. The van der Waals surface area contributed by atoms with Crippen LogP contribution in [0.25, 0.3) is 0 Å². The van der Waals surface area contributed by atoms with E-state index < -0.39 is 11.8 Å². The van der Waals surface area contributed by atoms with E-state index in [2.05, 4.69) is 0 Å². The maximum absolute atomic E-state index is 10.8. The molecule has 0 saturated carbocycles. The second kappa shape index (κ2) is 4.41. The second-order valence-corrected chi connectivity index (χ2v) is 3.85. The van der Waals surface area contributed by atoms with E-state index in [9.17, 15) is 14.7 Å². The van der Waals surface area contributed by atoms with Crippen molar-refractivity contribution in [2.24, 2.45) is 0 Å². The summed E-state index contributed by atoms with van der Waals surface area (Å²) in [5.74, 6) is -2.17. The SMILES string of the molecule is O=C(O)C(=O)Cc1ccc(O)c(I)c1. The zero-order valence-corrected chi connectivity index (χ0v) is 9.19. The predicted molar refractivity (Wildman–Crippen MR) is 57.2 cm³/mol. The van der Waals surface area contributed by atoms with Crippen molar-refractivity contribution in [2.45, 2.75) is 6.42 Å². The van der Waals surface area contributed by atoms with Gasteiger partial charge in [-0.25, -0.2) is 4.79 Å². The minimum absolute atomic E-state index is 0.122. The number of aromatic hydroxyl groups is 1. The number of carboxylic acid groups (broad SMARTS) is 1. The fourth-order valence-electron chi connectivity index (χ4n) is 0.921. The Balaban J connectivity index is 2.83. The zero-order valence-electron chi connectivity index (χ0n) is 7.03. The first kappa shape index (κ1) is 11.0. The Bertz CT molecular complexity index is 386. The van der Waals surface area contributed by atoms with Gasteiger partial charge in [0.2, 0.25) is 5.78 Å². The number of carbonyl (C=O) groups is 2. The third kappa shape index (κ3) is 2.69. The molecule has 1 aromatic rings. The van der Waals surface area contributed by atoms with E-state index in [4.69, 9.17) is 5.11 Å². The monoisotopic (exact) mass is 306 g/mol. The summed E-state index contributed by atoms with van der Waals surface area (Å²) in [5.41, 5.74) is 0.583. The van der Waals surface area contributed by atoms with Gasteiger partial charge in [-0.2, -0.15) is 0 Å². The molecule has 0 unspecified atom stereocenters. The number of carboxylic acids is 1. The molecule has 5 heteroatoms. The lowest BCUT2D eigenvalue weighted by atomic mass is 10.1. The Morgan fingerprint density at radius 3 is 2.50 bits per heavy atom. The summed E-state index contributed by atoms with van der Waals surface area (Å²) in [7, 11) is 0. The summed E-state index contributed by atoms with van der Waals surface area (Å²) in [6.45, 7) is 0. The first-order valence-electron chi connectivity index (χ1n) is 3.74. The molecule has 0 radical (unpaired) electrons. The highest BCUT2D eigenvalue weighted by atomic mass is 127. The highest BCUT2D eigenvalue weighted by molar-refractivity contribution is 14.1. The first-order chi connectivity index (χ1) is 6.50. The van der Waals surface area contributed by atoms with Crippen LogP contribution in [0.5, 0.6) is 5.75 Å². The van der Waals surface area contributed by atoms with Crippen molar-refractivity contribution in [3.05, 3.63) is 27.3 Å². The summed E-state index contributed by atoms with van der Waals surface area (Å²) in [6.07, 6.45) is -0.147. The molecule has 0 aliphatic carbocycles. The van der Waals surface area contributed by atoms with E-state index in [1.165, 1.54) is 12.1 Å². The van der Waals surface area contributed by atoms with Crippen LogP contribution in [0.1, 0.15) is 5.56 Å². The number of halogens is 1. The number of phenolic OH excluding ortho intramolecular Hbond substituents is 1. The molecule has 0 fully saturated rings. The van der Waals surface area contributed by atoms with Gasteiger partial charge in [0.15, 0.2) is 0 Å². The fraction of sp³-hybridized carbons (Fsp3) is 0.111. The van der Waals surface area contributed by atoms with Gasteiger partial charge in [0.05, 0.1) is 3.57 Å². The molecule has 0 aliphatic rings. The van der Waals surface area contributed by atoms with Crippen molar-refractivity contribution in [3.63, 3.8) is 0 Å². The van der Waals surface area contributed by atoms with Crippen LogP contribution in [0.2, 0.25) is 0 Å². The van der Waals surface area contributed by atoms with Gasteiger partial charge in [0.1, 0.15) is 5.75 Å². The number of ketones is 1. The third-order valence-corrected chi connectivity index (χ3v) is 2.48. The molecular weight excluding hydrogens is 299 g/mol. The average molecular weight is 306 g/mol. The van der Waals surface area contributed by atoms with Crippen LogP contribution in [0.15, 0.2) is 18.2 Å². The molecule has 0 aromatic heterocycles. The molecule has 74 valence electrons. The summed E-state index contributed by atoms with van der Waals surface area (Å²) in [5, 5.41) is 17.5. The topological polar surface area (TPSA) is 74.6 Å². The number of benzene rings is 1. The summed E-state index contributed by atoms with van der Waals surface area (Å²) in [4.78, 5) is 21.1. The fourth-order valence-corrected chi connectivity index (χ4v) is 1.50. The van der Waals surface area contributed by atoms with Crippen molar-refractivity contribution in [2.75, 3.05) is 0 Å². The maximum Gasteiger partial charge on any atom is 0.372 e. The van der Waals surface area contributed by atoms with Crippen LogP contribution in [-0.2, 0) is 16.0 Å². The Hall–Kier alpha value is -1.11. The molecule has 0 amide bonds. The quantitative estimate of drug-likeness (QED) is 0.650. The first-order valence-corrected chi connectivity index (χ1v) is 4.82. The molecule has 0 bridgehead atoms. The molecule has 0 heterocycles. The number of phenols is 1. The van der Waals surface area contributed by atoms with Crippen molar-refractivity contribution < 1.29 is 19.8 Å². The number of carbonyl (C=O) groups excluding carboxylic acids is 1. The van der Waals surface area contributed by atoms with E-state index >= 15 is 0 Å². The normalized spacial score (nSPS) is 9.79. The molecule has 14 heavy (non-hydrogen) atoms. The number of aliphatic carboxylic acids is 1. The number of Topliss-reactive ketones (excluding diaryl/α,β-unsaturated/α-hetero) is 1. The van der Waals surface area contributed by atoms with Crippen LogP contribution >= 0.6 is 22.6 Å². The van der Waals surface area contributed by atoms with Crippen LogP contribution < -0.4 is 0 Å². The molecule has 0 spiro atoms. The van der Waals surface area contributed by atoms with Crippen molar-refractivity contribution in [1.82, 2.24) is 0 Å². The summed E-state index contributed by atoms with van der Waals surface area (Å²) in [6, 6.07) is 4.54. The lowest BCUT2D eigenvalue weighted by molar-refractivity contribution is -0.148. The van der Waals surface area contributed by atoms with Crippen LogP contribution in [-0.4, -0.2) is 22.0 Å². The lowest BCUT2D eigenvalue weighted by Gasteiger charge is -2.00. The lowest BCUT2D eigenvalue weighted by Crippen LogP contribution is -2.14. The second-order valence-electron chi connectivity index (χ2n) is 2.69. The minimum atomic E-state index is -1.44. The summed E-state index contributed by atoms with van der Waals surface area (Å²) >= 11 is 1.91. The van der Waals surface area contributed by atoms with Crippen molar-refractivity contribution in [1.29, 1.82) is 0 Å². The van der Waals surface area contributed by atoms with Crippen LogP contribution in [0, 0.1) is 3.57 Å². The molecule has 0 aliphatic heterocycles. The van der Waals surface area contributed by atoms with Gasteiger partial charge in [-0.15, -0.1) is 0 Å². The Morgan fingerprint density at radius 1 is 1.36 bits per heavy atom. The van der Waals surface area contributed by atoms with Gasteiger partial charge in [-0.3, -0.25) is 4.79 Å². The highest BCUT2D eigenvalue weighted by Crippen LogP contribution is 2.20. The van der Waals surface area contributed by atoms with Gasteiger partial charge < -0.3 is 10.2 Å². The molecular formula is C9H7IO4. The molecule has 1 rings (SSSR count). The molecule has 0 saturated heterocycles. The zero-order chi connectivity index (χ0) is 10.7. The van der Waals surface area contributed by atoms with E-state index in [1.807, 2.05) is 22.6 Å². The molecule has 0 atom stereocenters. The predicted octanol–water partition coefficient (Wildman–Crippen LogP) is 1.19. The molecule has 4 nitrogen and oxygen atoms in total. The van der Waals surface area contributed by atoms with Gasteiger partial charge in [0, 0.05) is 6.42 Å². The van der Waals surface area contributed by atoms with E-state index in [1.54, 1.807) is 6.07 Å². The maximum atomic E-state index is 10.8. The van der Waals surface area contributed by atoms with Crippen LogP contribution in [0.4, 0.5) is 0 Å². The van der Waals surface area contributed by atoms with Crippen LogP contribution in [0.3, 0.4) is 0 Å². The van der Waals surface area contributed by atoms with Gasteiger partial charge in [-0.05, 0) is 40.3 Å². The molecule has 2 N–H and O–H groups in total. The number of rotatable bonds is 3. The largest absolute Gasteiger partial charge is 0.507 e. The average Bonchev–Trinajstić information content (AvgIpc) is 2.11. The Morgan fingerprint density at radius 2 is 2.00 bits per heavy atom. The van der Waals surface area contributed by atoms with Crippen molar-refractivity contribution in [3.8, 4) is 5.75 Å². The third-order valence-electron chi connectivity index (χ3n) is 1.62. The standard InChI is InChI=1S/C9H7IO4/c10-6-3-5(1-2-7(6)11)4-8(12)9(13)14/h1-3,11H,4H2,(H,13,14). The van der Waals surface area contributed by atoms with Crippen molar-refractivity contribution >= 4 is 34.3 Å². The Kier molecular flexibility index (Phi) is 3.45. The number of hydrogen-bond donors (Lipinski definition) is 2. The van der Waals surface area contributed by atoms with E-state index in [-0.39, 0.29) is 12.2 Å². The van der Waals surface area contributed by atoms with Gasteiger partial charge >= 0.3 is 5.97 Å². The minimum Gasteiger partial charge on any atom is -0.507 e. The highest BCUT2D eigenvalue weighted by Gasteiger charge is 2.12. The Labute approximate surface area is 93.7 Å². The smallest absolute Gasteiger partial charge is 0.372 e. The number of hydrogen-bond acceptors (Lipinski definition) is 3. The van der Waals surface area contributed by atoms with Gasteiger partial charge in [0.25, 0.3) is 0 Å². The molecule has 1 aromatic carbocycles. The van der Waals surface area contributed by atoms with Gasteiger partial charge in [-0.1, -0.05) is 6.07 Å².